The number of nitrogens with zero attached hydrogens (tertiary/aromatic N) is 5. The third-order valence-corrected chi connectivity index (χ3v) is 6.30. The van der Waals surface area contributed by atoms with E-state index in [9.17, 15) is 4.79 Å². The van der Waals surface area contributed by atoms with E-state index in [-0.39, 0.29) is 18.0 Å². The highest BCUT2D eigenvalue weighted by Gasteiger charge is 2.26. The Hall–Kier alpha value is -3.98. The van der Waals surface area contributed by atoms with Crippen LogP contribution in [0.15, 0.2) is 60.8 Å². The molecule has 0 aliphatic rings. The molecule has 6 heteroatoms. The topological polar surface area (TPSA) is 74.8 Å². The summed E-state index contributed by atoms with van der Waals surface area (Å²) >= 11 is 0. The van der Waals surface area contributed by atoms with Crippen molar-refractivity contribution in [2.24, 2.45) is 0 Å². The summed E-state index contributed by atoms with van der Waals surface area (Å²) in [6.45, 7) is 10.7. The van der Waals surface area contributed by atoms with Crippen LogP contribution in [0.4, 0.5) is 0 Å². The largest absolute Gasteiger partial charge is 0.332 e. The smallest absolute Gasteiger partial charge is 0.255 e. The number of carbonyl (C=O) groups is 1. The lowest BCUT2D eigenvalue weighted by Gasteiger charge is -2.29. The maximum Gasteiger partial charge on any atom is 0.255 e. The van der Waals surface area contributed by atoms with Gasteiger partial charge >= 0.3 is 0 Å². The molecule has 1 unspecified atom stereocenters. The van der Waals surface area contributed by atoms with Crippen molar-refractivity contribution in [2.75, 3.05) is 6.54 Å². The van der Waals surface area contributed by atoms with Crippen molar-refractivity contribution in [3.05, 3.63) is 83.0 Å². The Labute approximate surface area is 200 Å². The Morgan fingerprint density at radius 3 is 2.44 bits per heavy atom. The van der Waals surface area contributed by atoms with Crippen molar-refractivity contribution in [1.29, 1.82) is 5.26 Å². The standard InChI is InChI=1S/C28H29N5O/c1-6-32(20(5)22-13-11-21(16-29)12-14-22)28(34)24-15-26(23-10-8-7-9-19(23)4)31-27-25(24)17-30-33(27)18(2)3/h7-15,17-18,20H,6H2,1-5H3. The average Bonchev–Trinajstić information content (AvgIpc) is 3.28. The quantitative estimate of drug-likeness (QED) is 0.356. The maximum atomic E-state index is 14.0. The number of pyridine rings is 1. The maximum absolute atomic E-state index is 14.0. The summed E-state index contributed by atoms with van der Waals surface area (Å²) in [6.07, 6.45) is 1.75. The molecule has 2 aromatic heterocycles. The van der Waals surface area contributed by atoms with Gasteiger partial charge < -0.3 is 4.90 Å². The van der Waals surface area contributed by atoms with E-state index in [1.807, 2.05) is 72.8 Å². The molecule has 0 saturated carbocycles. The number of hydrogen-bond acceptors (Lipinski definition) is 4. The summed E-state index contributed by atoms with van der Waals surface area (Å²) in [7, 11) is 0. The molecule has 0 spiro atoms. The van der Waals surface area contributed by atoms with Crippen LogP contribution >= 0.6 is 0 Å². The predicted octanol–water partition coefficient (Wildman–Crippen LogP) is 6.08. The van der Waals surface area contributed by atoms with Crippen molar-refractivity contribution in [3.8, 4) is 17.3 Å². The van der Waals surface area contributed by atoms with Gasteiger partial charge in [-0.15, -0.1) is 0 Å². The first kappa shape index (κ1) is 23.2. The van der Waals surface area contributed by atoms with E-state index in [0.717, 1.165) is 27.8 Å². The van der Waals surface area contributed by atoms with Crippen molar-refractivity contribution >= 4 is 16.9 Å². The third-order valence-electron chi connectivity index (χ3n) is 6.30. The normalized spacial score (nSPS) is 12.0. The Morgan fingerprint density at radius 2 is 1.82 bits per heavy atom. The fourth-order valence-electron chi connectivity index (χ4n) is 4.34. The van der Waals surface area contributed by atoms with Crippen LogP contribution in [0.1, 0.15) is 66.8 Å². The fraction of sp³-hybridized carbons (Fsp3) is 0.286. The van der Waals surface area contributed by atoms with E-state index < -0.39 is 0 Å². The van der Waals surface area contributed by atoms with Crippen LogP contribution in [-0.2, 0) is 0 Å². The van der Waals surface area contributed by atoms with E-state index in [1.165, 1.54) is 0 Å². The minimum atomic E-state index is -0.157. The molecule has 2 heterocycles. The van der Waals surface area contributed by atoms with Crippen molar-refractivity contribution < 1.29 is 4.79 Å². The van der Waals surface area contributed by atoms with Crippen molar-refractivity contribution in [1.82, 2.24) is 19.7 Å². The Balaban J connectivity index is 1.85. The molecule has 0 N–H and O–H groups in total. The van der Waals surface area contributed by atoms with Gasteiger partial charge in [0.25, 0.3) is 5.91 Å². The second kappa shape index (κ2) is 9.48. The van der Waals surface area contributed by atoms with Crippen LogP contribution in [0.25, 0.3) is 22.3 Å². The van der Waals surface area contributed by atoms with Gasteiger partial charge in [0.15, 0.2) is 5.65 Å². The molecule has 0 bridgehead atoms. The first-order chi connectivity index (χ1) is 16.3. The van der Waals surface area contributed by atoms with Gasteiger partial charge in [-0.3, -0.25) is 4.79 Å². The van der Waals surface area contributed by atoms with E-state index in [2.05, 4.69) is 25.0 Å². The highest BCUT2D eigenvalue weighted by molar-refractivity contribution is 6.06. The van der Waals surface area contributed by atoms with Gasteiger partial charge in [0.2, 0.25) is 0 Å². The van der Waals surface area contributed by atoms with Crippen molar-refractivity contribution in [3.63, 3.8) is 0 Å². The van der Waals surface area contributed by atoms with Gasteiger partial charge in [0.1, 0.15) is 0 Å². The van der Waals surface area contributed by atoms with E-state index in [0.29, 0.717) is 23.3 Å². The number of amides is 1. The van der Waals surface area contributed by atoms with Crippen LogP contribution in [0.3, 0.4) is 0 Å². The lowest BCUT2D eigenvalue weighted by Crippen LogP contribution is -2.33. The van der Waals surface area contributed by atoms with Crippen LogP contribution in [-0.4, -0.2) is 32.1 Å². The van der Waals surface area contributed by atoms with Crippen LogP contribution in [0.2, 0.25) is 0 Å². The van der Waals surface area contributed by atoms with Gasteiger partial charge in [-0.1, -0.05) is 36.4 Å². The molecular weight excluding hydrogens is 422 g/mol. The Morgan fingerprint density at radius 1 is 1.12 bits per heavy atom. The molecule has 0 fully saturated rings. The van der Waals surface area contributed by atoms with Crippen LogP contribution < -0.4 is 0 Å². The molecule has 0 saturated heterocycles. The monoisotopic (exact) mass is 451 g/mol. The van der Waals surface area contributed by atoms with Gasteiger partial charge in [-0.2, -0.15) is 10.4 Å². The number of fused-ring (bicyclic) bond motifs is 1. The second-order valence-electron chi connectivity index (χ2n) is 8.79. The number of aromatic nitrogens is 3. The highest BCUT2D eigenvalue weighted by atomic mass is 16.2. The molecule has 1 atom stereocenters. The minimum absolute atomic E-state index is 0.0649. The molecule has 0 radical (unpaired) electrons. The Kier molecular flexibility index (Phi) is 6.47. The molecule has 34 heavy (non-hydrogen) atoms. The van der Waals surface area contributed by atoms with Crippen molar-refractivity contribution in [2.45, 2.75) is 46.7 Å². The first-order valence-electron chi connectivity index (χ1n) is 11.6. The molecule has 2 aromatic carbocycles. The summed E-state index contributed by atoms with van der Waals surface area (Å²) in [5, 5.41) is 14.4. The summed E-state index contributed by atoms with van der Waals surface area (Å²) in [6, 6.07) is 19.5. The van der Waals surface area contributed by atoms with Gasteiger partial charge in [-0.25, -0.2) is 9.67 Å². The lowest BCUT2D eigenvalue weighted by atomic mass is 10.0. The van der Waals surface area contributed by atoms with E-state index in [1.54, 1.807) is 18.3 Å². The zero-order valence-electron chi connectivity index (χ0n) is 20.3. The fourth-order valence-corrected chi connectivity index (χ4v) is 4.34. The third kappa shape index (κ3) is 4.17. The molecule has 6 nitrogen and oxygen atoms in total. The molecule has 172 valence electrons. The molecule has 1 amide bonds. The first-order valence-corrected chi connectivity index (χ1v) is 11.6. The summed E-state index contributed by atoms with van der Waals surface area (Å²) in [4.78, 5) is 20.8. The average molecular weight is 452 g/mol. The zero-order valence-corrected chi connectivity index (χ0v) is 20.3. The van der Waals surface area contributed by atoms with Crippen LogP contribution in [0, 0.1) is 18.3 Å². The number of hydrogen-bond donors (Lipinski definition) is 0. The minimum Gasteiger partial charge on any atom is -0.332 e. The number of benzene rings is 2. The SMILES string of the molecule is CCN(C(=O)c1cc(-c2ccccc2C)nc2c1cnn2C(C)C)C(C)c1ccc(C#N)cc1. The second-order valence-corrected chi connectivity index (χ2v) is 8.79. The number of rotatable bonds is 6. The highest BCUT2D eigenvalue weighted by Crippen LogP contribution is 2.31. The Bertz CT molecular complexity index is 1380. The lowest BCUT2D eigenvalue weighted by molar-refractivity contribution is 0.0704. The van der Waals surface area contributed by atoms with Gasteiger partial charge in [-0.05, 0) is 63.9 Å². The summed E-state index contributed by atoms with van der Waals surface area (Å²) < 4.78 is 1.87. The van der Waals surface area contributed by atoms with Gasteiger partial charge in [0, 0.05) is 18.2 Å². The molecule has 0 aliphatic carbocycles. The van der Waals surface area contributed by atoms with Crippen LogP contribution in [0.5, 0.6) is 0 Å². The molecular formula is C28H29N5O. The summed E-state index contributed by atoms with van der Waals surface area (Å²) in [5.41, 5.74) is 5.75. The van der Waals surface area contributed by atoms with E-state index >= 15 is 0 Å². The molecule has 4 rings (SSSR count). The van der Waals surface area contributed by atoms with Gasteiger partial charge in [0.05, 0.1) is 40.5 Å². The number of aryl methyl sites for hydroxylation is 1. The number of carbonyl (C=O) groups excluding carboxylic acids is 1. The summed E-state index contributed by atoms with van der Waals surface area (Å²) in [5.74, 6) is -0.0649. The number of nitriles is 1. The predicted molar refractivity (Wildman–Crippen MR) is 134 cm³/mol. The molecule has 0 aliphatic heterocycles. The zero-order chi connectivity index (χ0) is 24.4. The van der Waals surface area contributed by atoms with E-state index in [4.69, 9.17) is 10.2 Å². The molecule has 4 aromatic rings.